The fourth-order valence-corrected chi connectivity index (χ4v) is 0.731. The van der Waals surface area contributed by atoms with E-state index < -0.39 is 0 Å². The third-order valence-electron chi connectivity index (χ3n) is 1.24. The van der Waals surface area contributed by atoms with E-state index in [9.17, 15) is 0 Å². The van der Waals surface area contributed by atoms with Crippen molar-refractivity contribution in [3.05, 3.63) is 11.9 Å². The smallest absolute Gasteiger partial charge is 0.0796 e. The van der Waals surface area contributed by atoms with Crippen molar-refractivity contribution in [1.29, 1.82) is 0 Å². The molecule has 56 valence electrons. The highest BCUT2D eigenvalue weighted by atomic mass is 15.4. The zero-order valence-corrected chi connectivity index (χ0v) is 6.33. The Kier molecular flexibility index (Phi) is 2.39. The van der Waals surface area contributed by atoms with Gasteiger partial charge in [-0.1, -0.05) is 5.21 Å². The van der Waals surface area contributed by atoms with Gasteiger partial charge in [0.25, 0.3) is 0 Å². The van der Waals surface area contributed by atoms with Crippen LogP contribution in [0, 0.1) is 6.92 Å². The summed E-state index contributed by atoms with van der Waals surface area (Å²) in [7, 11) is 1.92. The zero-order chi connectivity index (χ0) is 7.40. The van der Waals surface area contributed by atoms with E-state index in [-0.39, 0.29) is 0 Å². The number of rotatable bonds is 3. The molecule has 1 heterocycles. The van der Waals surface area contributed by atoms with Crippen LogP contribution in [0.25, 0.3) is 0 Å². The normalized spacial score (nSPS) is 10.2. The number of nitrogens with one attached hydrogen (secondary N) is 1. The van der Waals surface area contributed by atoms with Crippen LogP contribution in [0.1, 0.15) is 5.69 Å². The Balaban J connectivity index is 2.42. The van der Waals surface area contributed by atoms with Gasteiger partial charge in [-0.25, -0.2) is 0 Å². The molecular formula is C6H12N4. The van der Waals surface area contributed by atoms with Crippen LogP contribution < -0.4 is 5.32 Å². The van der Waals surface area contributed by atoms with Gasteiger partial charge < -0.3 is 5.32 Å². The summed E-state index contributed by atoms with van der Waals surface area (Å²) in [5, 5.41) is 10.8. The summed E-state index contributed by atoms with van der Waals surface area (Å²) < 4.78 is 1.83. The van der Waals surface area contributed by atoms with Crippen molar-refractivity contribution in [2.75, 3.05) is 13.6 Å². The molecule has 0 aliphatic rings. The van der Waals surface area contributed by atoms with Crippen LogP contribution in [-0.4, -0.2) is 28.6 Å². The Labute approximate surface area is 60.2 Å². The predicted octanol–water partition coefficient (Wildman–Crippen LogP) is -0.194. The Morgan fingerprint density at radius 3 is 3.00 bits per heavy atom. The molecule has 0 radical (unpaired) electrons. The van der Waals surface area contributed by atoms with Crippen molar-refractivity contribution in [1.82, 2.24) is 20.3 Å². The summed E-state index contributed by atoms with van der Waals surface area (Å²) in [5.74, 6) is 0. The van der Waals surface area contributed by atoms with Crippen molar-refractivity contribution >= 4 is 0 Å². The highest BCUT2D eigenvalue weighted by molar-refractivity contribution is 4.86. The van der Waals surface area contributed by atoms with Crippen LogP contribution in [0.15, 0.2) is 6.20 Å². The van der Waals surface area contributed by atoms with Crippen LogP contribution in [0.3, 0.4) is 0 Å². The maximum absolute atomic E-state index is 3.88. The van der Waals surface area contributed by atoms with E-state index >= 15 is 0 Å². The van der Waals surface area contributed by atoms with Crippen LogP contribution >= 0.6 is 0 Å². The summed E-state index contributed by atoms with van der Waals surface area (Å²) in [6.07, 6.45) is 1.93. The topological polar surface area (TPSA) is 42.7 Å². The molecule has 4 heteroatoms. The van der Waals surface area contributed by atoms with Crippen molar-refractivity contribution in [3.63, 3.8) is 0 Å². The lowest BCUT2D eigenvalue weighted by Crippen LogP contribution is -2.15. The molecule has 1 aromatic heterocycles. The van der Waals surface area contributed by atoms with Crippen LogP contribution in [0.4, 0.5) is 0 Å². The molecule has 1 N–H and O–H groups in total. The minimum Gasteiger partial charge on any atom is -0.318 e. The molecule has 0 atom stereocenters. The average Bonchev–Trinajstić information content (AvgIpc) is 2.31. The third-order valence-corrected chi connectivity index (χ3v) is 1.24. The zero-order valence-electron chi connectivity index (χ0n) is 6.33. The van der Waals surface area contributed by atoms with Crippen LogP contribution in [0.5, 0.6) is 0 Å². The molecule has 1 rings (SSSR count). The molecule has 0 aliphatic heterocycles. The van der Waals surface area contributed by atoms with Crippen molar-refractivity contribution in [3.8, 4) is 0 Å². The molecule has 0 aliphatic carbocycles. The van der Waals surface area contributed by atoms with Gasteiger partial charge in [-0.05, 0) is 14.0 Å². The van der Waals surface area contributed by atoms with Gasteiger partial charge in [0.2, 0.25) is 0 Å². The highest BCUT2D eigenvalue weighted by Crippen LogP contribution is 1.87. The van der Waals surface area contributed by atoms with Gasteiger partial charge in [-0.3, -0.25) is 4.68 Å². The molecule has 0 bridgehead atoms. The minimum atomic E-state index is 0.886. The lowest BCUT2D eigenvalue weighted by molar-refractivity contribution is 0.565. The number of hydrogen-bond donors (Lipinski definition) is 1. The second-order valence-corrected chi connectivity index (χ2v) is 2.23. The lowest BCUT2D eigenvalue weighted by atomic mass is 10.5. The van der Waals surface area contributed by atoms with Gasteiger partial charge in [0.15, 0.2) is 0 Å². The highest BCUT2D eigenvalue weighted by Gasteiger charge is 1.91. The monoisotopic (exact) mass is 140 g/mol. The SMILES string of the molecule is CNCCn1cc(C)nn1. The average molecular weight is 140 g/mol. The van der Waals surface area contributed by atoms with E-state index in [4.69, 9.17) is 0 Å². The molecule has 0 saturated carbocycles. The first-order valence-electron chi connectivity index (χ1n) is 3.34. The maximum atomic E-state index is 3.88. The number of likely N-dealkylation sites (N-methyl/N-ethyl adjacent to an activating group) is 1. The second-order valence-electron chi connectivity index (χ2n) is 2.23. The summed E-state index contributed by atoms with van der Waals surface area (Å²) in [6, 6.07) is 0. The van der Waals surface area contributed by atoms with Gasteiger partial charge >= 0.3 is 0 Å². The van der Waals surface area contributed by atoms with E-state index in [0.29, 0.717) is 0 Å². The van der Waals surface area contributed by atoms with Crippen LogP contribution in [-0.2, 0) is 6.54 Å². The standard InChI is InChI=1S/C6H12N4/c1-6-5-10(9-8-6)4-3-7-2/h5,7H,3-4H2,1-2H3. The van der Waals surface area contributed by atoms with Crippen molar-refractivity contribution in [2.24, 2.45) is 0 Å². The summed E-state index contributed by atoms with van der Waals surface area (Å²) >= 11 is 0. The molecular weight excluding hydrogens is 128 g/mol. The second kappa shape index (κ2) is 3.31. The fourth-order valence-electron chi connectivity index (χ4n) is 0.731. The number of aromatic nitrogens is 3. The molecule has 0 saturated heterocycles. The molecule has 0 spiro atoms. The summed E-state index contributed by atoms with van der Waals surface area (Å²) in [4.78, 5) is 0. The third kappa shape index (κ3) is 1.80. The Morgan fingerprint density at radius 2 is 2.50 bits per heavy atom. The van der Waals surface area contributed by atoms with Crippen LogP contribution in [0.2, 0.25) is 0 Å². The lowest BCUT2D eigenvalue weighted by Gasteiger charge is -1.96. The number of aryl methyl sites for hydroxylation is 1. The van der Waals surface area contributed by atoms with Gasteiger partial charge in [-0.2, -0.15) is 0 Å². The van der Waals surface area contributed by atoms with E-state index in [1.165, 1.54) is 0 Å². The molecule has 1 aromatic rings. The van der Waals surface area contributed by atoms with E-state index in [2.05, 4.69) is 15.6 Å². The van der Waals surface area contributed by atoms with Gasteiger partial charge in [0.1, 0.15) is 0 Å². The van der Waals surface area contributed by atoms with E-state index in [1.54, 1.807) is 0 Å². The first-order valence-corrected chi connectivity index (χ1v) is 3.34. The molecule has 0 unspecified atom stereocenters. The Morgan fingerprint density at radius 1 is 1.70 bits per heavy atom. The number of hydrogen-bond acceptors (Lipinski definition) is 3. The molecule has 0 amide bonds. The molecule has 0 fully saturated rings. The van der Waals surface area contributed by atoms with E-state index in [1.807, 2.05) is 24.9 Å². The van der Waals surface area contributed by atoms with Crippen molar-refractivity contribution < 1.29 is 0 Å². The number of nitrogens with zero attached hydrogens (tertiary/aromatic N) is 3. The summed E-state index contributed by atoms with van der Waals surface area (Å²) in [6.45, 7) is 3.75. The Bertz CT molecular complexity index is 193. The fraction of sp³-hybridized carbons (Fsp3) is 0.667. The maximum Gasteiger partial charge on any atom is 0.0796 e. The predicted molar refractivity (Wildman–Crippen MR) is 38.7 cm³/mol. The molecule has 4 nitrogen and oxygen atoms in total. The first kappa shape index (κ1) is 7.21. The molecule has 0 aromatic carbocycles. The quantitative estimate of drug-likeness (QED) is 0.632. The van der Waals surface area contributed by atoms with Gasteiger partial charge in [0, 0.05) is 12.7 Å². The van der Waals surface area contributed by atoms with Gasteiger partial charge in [-0.15, -0.1) is 5.10 Å². The Hall–Kier alpha value is -0.900. The minimum absolute atomic E-state index is 0.886. The van der Waals surface area contributed by atoms with Crippen molar-refractivity contribution in [2.45, 2.75) is 13.5 Å². The first-order chi connectivity index (χ1) is 4.83. The summed E-state index contributed by atoms with van der Waals surface area (Å²) in [5.41, 5.74) is 0.969. The van der Waals surface area contributed by atoms with E-state index in [0.717, 1.165) is 18.8 Å². The van der Waals surface area contributed by atoms with Gasteiger partial charge in [0.05, 0.1) is 12.2 Å². The molecule has 10 heavy (non-hydrogen) atoms. The largest absolute Gasteiger partial charge is 0.318 e.